The van der Waals surface area contributed by atoms with Gasteiger partial charge in [-0.25, -0.2) is 13.6 Å². The summed E-state index contributed by atoms with van der Waals surface area (Å²) in [5.74, 6) is -0.241. The molecule has 2 aromatic carbocycles. The topological polar surface area (TPSA) is 109 Å². The van der Waals surface area contributed by atoms with E-state index >= 15 is 0 Å². The molecule has 1 saturated carbocycles. The van der Waals surface area contributed by atoms with Crippen molar-refractivity contribution in [2.24, 2.45) is 5.14 Å². The Balaban J connectivity index is 0.00000180. The first-order chi connectivity index (χ1) is 16.0. The molecule has 10 heteroatoms. The molecular weight excluding hydrogens is 466 g/mol. The number of halogens is 2. The molecule has 1 fully saturated rings. The molecule has 1 aliphatic heterocycles. The molecule has 34 heavy (non-hydrogen) atoms. The van der Waals surface area contributed by atoms with E-state index in [0.717, 1.165) is 5.56 Å². The number of aromatic nitrogens is 1. The van der Waals surface area contributed by atoms with Crippen LogP contribution < -0.4 is 14.6 Å². The summed E-state index contributed by atoms with van der Waals surface area (Å²) >= 11 is 0. The van der Waals surface area contributed by atoms with Gasteiger partial charge in [0, 0.05) is 20.5 Å². The maximum atomic E-state index is 13.4. The van der Waals surface area contributed by atoms with Crippen molar-refractivity contribution < 1.29 is 34.3 Å². The molecule has 5 rings (SSSR count). The van der Waals surface area contributed by atoms with Gasteiger partial charge in [-0.05, 0) is 61.2 Å². The Morgan fingerprint density at radius 1 is 1.09 bits per heavy atom. The Kier molecular flexibility index (Phi) is 4.99. The summed E-state index contributed by atoms with van der Waals surface area (Å²) in [7, 11) is -3.88. The molecule has 0 spiro atoms. The molecular formula is C24H24F2N2O5S. The Labute approximate surface area is 197 Å². The number of primary sulfonamides is 1. The molecule has 2 heterocycles. The summed E-state index contributed by atoms with van der Waals surface area (Å²) in [6, 6.07) is 14.2. The monoisotopic (exact) mass is 490 g/mol. The van der Waals surface area contributed by atoms with Crippen LogP contribution in [0.1, 0.15) is 32.5 Å². The Morgan fingerprint density at radius 3 is 2.53 bits per heavy atom. The van der Waals surface area contributed by atoms with Crippen LogP contribution in [0.2, 0.25) is 0 Å². The Hall–Kier alpha value is -3.37. The number of hydrogen-bond acceptors (Lipinski definition) is 6. The number of carbonyl (C=O) groups excluding carboxylic acids is 1. The summed E-state index contributed by atoms with van der Waals surface area (Å²) < 4.78 is 59.2. The molecule has 1 aromatic heterocycles. The number of benzene rings is 2. The fraction of sp³-hybridized carbons (Fsp3) is 0.250. The number of sulfonamides is 1. The number of hydrogen-bond donors (Lipinski definition) is 1. The van der Waals surface area contributed by atoms with Crippen LogP contribution >= 0.6 is 0 Å². The van der Waals surface area contributed by atoms with E-state index in [9.17, 15) is 22.0 Å². The Morgan fingerprint density at radius 2 is 1.82 bits per heavy atom. The fourth-order valence-corrected chi connectivity index (χ4v) is 4.77. The van der Waals surface area contributed by atoms with Crippen LogP contribution in [0.15, 0.2) is 59.5 Å². The highest BCUT2D eigenvalue weighted by Gasteiger charge is 2.52. The minimum atomic E-state index is -3.88. The zero-order valence-corrected chi connectivity index (χ0v) is 18.9. The second-order valence-corrected chi connectivity index (χ2v) is 10.1. The number of alkyl halides is 2. The average molecular weight is 491 g/mol. The lowest BCUT2D eigenvalue weighted by Gasteiger charge is -2.16. The largest absolute Gasteiger partial charge is 0.586 e. The molecule has 1 aliphatic carbocycles. The number of rotatable bonds is 6. The van der Waals surface area contributed by atoms with E-state index in [0.29, 0.717) is 35.4 Å². The van der Waals surface area contributed by atoms with Crippen molar-refractivity contribution in [2.75, 3.05) is 0 Å². The third-order valence-electron chi connectivity index (χ3n) is 6.17. The number of nitrogens with zero attached hydrogens (tertiary/aromatic N) is 1. The third kappa shape index (κ3) is 4.03. The summed E-state index contributed by atoms with van der Waals surface area (Å²) in [5.41, 5.74) is 2.26. The second kappa shape index (κ2) is 7.57. The molecule has 0 amide bonds. The van der Waals surface area contributed by atoms with E-state index in [1.807, 2.05) is 13.0 Å². The predicted octanol–water partition coefficient (Wildman–Crippen LogP) is 4.36. The molecule has 0 saturated heterocycles. The van der Waals surface area contributed by atoms with E-state index in [1.165, 1.54) is 24.3 Å². The molecule has 2 aliphatic rings. The lowest BCUT2D eigenvalue weighted by molar-refractivity contribution is -0.286. The first-order valence-corrected chi connectivity index (χ1v) is 12.0. The van der Waals surface area contributed by atoms with Crippen LogP contribution in [0.4, 0.5) is 8.78 Å². The van der Waals surface area contributed by atoms with Crippen molar-refractivity contribution in [1.82, 2.24) is 4.98 Å². The SMILES string of the molecule is Cc1ccc(CC(=O)C2(c3ccc4c(c3)OC(F)(F)O4)CC2)nc1-c1cccc(S(N)(=O)=O)c1.[HH].[HH]. The third-order valence-corrected chi connectivity index (χ3v) is 7.08. The van der Waals surface area contributed by atoms with Crippen LogP contribution in [0.3, 0.4) is 0 Å². The van der Waals surface area contributed by atoms with E-state index < -0.39 is 21.7 Å². The first-order valence-electron chi connectivity index (χ1n) is 10.5. The number of pyridine rings is 1. The van der Waals surface area contributed by atoms with E-state index in [2.05, 4.69) is 14.5 Å². The summed E-state index contributed by atoms with van der Waals surface area (Å²) in [6.45, 7) is 1.84. The maximum absolute atomic E-state index is 13.4. The first kappa shape index (κ1) is 22.4. The minimum absolute atomic E-state index is 0. The lowest BCUT2D eigenvalue weighted by atomic mass is 9.88. The van der Waals surface area contributed by atoms with Crippen molar-refractivity contribution >= 4 is 15.8 Å². The van der Waals surface area contributed by atoms with Crippen molar-refractivity contribution in [3.8, 4) is 22.8 Å². The van der Waals surface area contributed by atoms with Crippen molar-refractivity contribution in [3.05, 3.63) is 71.4 Å². The van der Waals surface area contributed by atoms with Gasteiger partial charge in [-0.15, -0.1) is 8.78 Å². The highest BCUT2D eigenvalue weighted by Crippen LogP contribution is 2.52. The van der Waals surface area contributed by atoms with E-state index in [4.69, 9.17) is 5.14 Å². The number of Topliss-reactive ketones (excluding diaryl/α,β-unsaturated/α-hetero) is 1. The second-order valence-electron chi connectivity index (χ2n) is 8.55. The van der Waals surface area contributed by atoms with E-state index in [-0.39, 0.29) is 31.5 Å². The van der Waals surface area contributed by atoms with Crippen LogP contribution in [0, 0.1) is 6.92 Å². The van der Waals surface area contributed by atoms with Gasteiger partial charge in [-0.1, -0.05) is 24.3 Å². The summed E-state index contributed by atoms with van der Waals surface area (Å²) in [4.78, 5) is 17.9. The van der Waals surface area contributed by atoms with E-state index in [1.54, 1.807) is 24.3 Å². The standard InChI is InChI=1S/C24H20F2N2O5S.2H2/c1-14-5-7-17(28-22(14)15-3-2-4-18(11-15)34(27,30)31)13-21(29)23(9-10-23)16-6-8-19-20(12-16)33-24(25,26)32-19;;/h2-8,11-12H,9-10,13H2,1H3,(H2,27,30,31);2*1H. The number of carbonyl (C=O) groups is 1. The van der Waals surface area contributed by atoms with Gasteiger partial charge in [0.25, 0.3) is 0 Å². The number of ether oxygens (including phenoxy) is 2. The van der Waals surface area contributed by atoms with Crippen molar-refractivity contribution in [3.63, 3.8) is 0 Å². The molecule has 0 radical (unpaired) electrons. The zero-order chi connectivity index (χ0) is 24.3. The van der Waals surface area contributed by atoms with Gasteiger partial charge in [0.1, 0.15) is 5.78 Å². The molecule has 0 atom stereocenters. The summed E-state index contributed by atoms with van der Waals surface area (Å²) in [5, 5.41) is 5.25. The zero-order valence-electron chi connectivity index (χ0n) is 18.0. The van der Waals surface area contributed by atoms with Crippen LogP contribution in [0.5, 0.6) is 11.5 Å². The van der Waals surface area contributed by atoms with Crippen molar-refractivity contribution in [2.45, 2.75) is 42.8 Å². The Bertz CT molecular complexity index is 1450. The molecule has 0 bridgehead atoms. The predicted molar refractivity (Wildman–Crippen MR) is 122 cm³/mol. The van der Waals surface area contributed by atoms with Gasteiger partial charge < -0.3 is 9.47 Å². The summed E-state index contributed by atoms with van der Waals surface area (Å²) in [6.07, 6.45) is -2.49. The molecule has 3 aromatic rings. The smallest absolute Gasteiger partial charge is 0.395 e. The van der Waals surface area contributed by atoms with Gasteiger partial charge in [-0.2, -0.15) is 0 Å². The fourth-order valence-electron chi connectivity index (χ4n) is 4.21. The molecule has 180 valence electrons. The van der Waals surface area contributed by atoms with Crippen molar-refractivity contribution in [1.29, 1.82) is 0 Å². The normalized spacial score (nSPS) is 17.4. The minimum Gasteiger partial charge on any atom is -0.395 e. The van der Waals surface area contributed by atoms with Crippen LogP contribution in [-0.4, -0.2) is 25.5 Å². The highest BCUT2D eigenvalue weighted by molar-refractivity contribution is 7.89. The van der Waals surface area contributed by atoms with Gasteiger partial charge in [0.05, 0.1) is 16.0 Å². The van der Waals surface area contributed by atoms with Crippen LogP contribution in [0.25, 0.3) is 11.3 Å². The number of nitrogens with two attached hydrogens (primary N) is 1. The van der Waals surface area contributed by atoms with Gasteiger partial charge in [0.2, 0.25) is 10.0 Å². The molecule has 0 unspecified atom stereocenters. The van der Waals surface area contributed by atoms with Gasteiger partial charge >= 0.3 is 6.29 Å². The lowest BCUT2D eigenvalue weighted by Crippen LogP contribution is -2.26. The molecule has 7 nitrogen and oxygen atoms in total. The van der Waals surface area contributed by atoms with Gasteiger partial charge in [0.15, 0.2) is 11.5 Å². The van der Waals surface area contributed by atoms with Gasteiger partial charge in [-0.3, -0.25) is 9.78 Å². The number of aryl methyl sites for hydroxylation is 1. The molecule has 2 N–H and O–H groups in total. The quantitative estimate of drug-likeness (QED) is 0.550. The number of ketones is 1. The average Bonchev–Trinajstić information content (AvgIpc) is 3.51. The maximum Gasteiger partial charge on any atom is 0.586 e. The number of fused-ring (bicyclic) bond motifs is 1. The highest BCUT2D eigenvalue weighted by atomic mass is 32.2. The van der Waals surface area contributed by atoms with Crippen LogP contribution in [-0.2, 0) is 26.7 Å².